The van der Waals surface area contributed by atoms with Crippen molar-refractivity contribution in [2.75, 3.05) is 19.8 Å². The van der Waals surface area contributed by atoms with E-state index in [2.05, 4.69) is 10.0 Å². The molecule has 1 saturated heterocycles. The Morgan fingerprint density at radius 2 is 1.96 bits per heavy atom. The number of aryl methyl sites for hydroxylation is 1. The molecule has 2 fully saturated rings. The number of hydrogen-bond donors (Lipinski definition) is 2. The van der Waals surface area contributed by atoms with Gasteiger partial charge in [0.1, 0.15) is 0 Å². The fourth-order valence-electron chi connectivity index (χ4n) is 3.30. The largest absolute Gasteiger partial charge is 0.373 e. The number of amides is 1. The predicted molar refractivity (Wildman–Crippen MR) is 91.6 cm³/mol. The van der Waals surface area contributed by atoms with Crippen molar-refractivity contribution in [3.05, 3.63) is 29.8 Å². The Bertz CT molecular complexity index is 722. The maximum Gasteiger partial charge on any atom is 0.241 e. The number of ether oxygens (including phenoxy) is 2. The minimum atomic E-state index is -3.69. The molecule has 0 aromatic heterocycles. The van der Waals surface area contributed by atoms with Crippen LogP contribution in [0.1, 0.15) is 24.8 Å². The number of fused-ring (bicyclic) bond motifs is 1. The van der Waals surface area contributed by atoms with Crippen molar-refractivity contribution in [3.63, 3.8) is 0 Å². The van der Waals surface area contributed by atoms with Crippen molar-refractivity contribution >= 4 is 15.9 Å². The summed E-state index contributed by atoms with van der Waals surface area (Å²) in [5, 5.41) is 2.89. The number of sulfonamides is 1. The molecule has 138 valence electrons. The van der Waals surface area contributed by atoms with Crippen molar-refractivity contribution in [1.29, 1.82) is 0 Å². The zero-order chi connectivity index (χ0) is 17.9. The highest BCUT2D eigenvalue weighted by molar-refractivity contribution is 7.89. The first-order valence-electron chi connectivity index (χ1n) is 8.53. The highest BCUT2D eigenvalue weighted by Crippen LogP contribution is 2.26. The molecule has 0 spiro atoms. The Balaban J connectivity index is 1.49. The van der Waals surface area contributed by atoms with E-state index in [0.29, 0.717) is 19.6 Å². The maximum absolute atomic E-state index is 12.2. The van der Waals surface area contributed by atoms with E-state index in [1.54, 1.807) is 12.1 Å². The van der Waals surface area contributed by atoms with Crippen LogP contribution in [0.4, 0.5) is 0 Å². The van der Waals surface area contributed by atoms with Gasteiger partial charge in [-0.1, -0.05) is 12.1 Å². The first kappa shape index (κ1) is 18.3. The average molecular weight is 368 g/mol. The molecule has 25 heavy (non-hydrogen) atoms. The van der Waals surface area contributed by atoms with E-state index in [0.717, 1.165) is 18.4 Å². The van der Waals surface area contributed by atoms with E-state index in [9.17, 15) is 13.2 Å². The number of hydrogen-bond acceptors (Lipinski definition) is 5. The first-order valence-corrected chi connectivity index (χ1v) is 10.0. The van der Waals surface area contributed by atoms with Crippen LogP contribution < -0.4 is 10.0 Å². The highest BCUT2D eigenvalue weighted by atomic mass is 32.2. The second-order valence-corrected chi connectivity index (χ2v) is 8.30. The maximum atomic E-state index is 12.2. The minimum Gasteiger partial charge on any atom is -0.373 e. The van der Waals surface area contributed by atoms with Gasteiger partial charge in [0.25, 0.3) is 0 Å². The zero-order valence-electron chi connectivity index (χ0n) is 14.2. The van der Waals surface area contributed by atoms with Gasteiger partial charge in [-0.15, -0.1) is 0 Å². The molecule has 1 aromatic carbocycles. The second-order valence-electron chi connectivity index (χ2n) is 6.54. The molecule has 3 rings (SSSR count). The molecule has 1 saturated carbocycles. The number of nitrogens with one attached hydrogen (secondary N) is 2. The van der Waals surface area contributed by atoms with E-state index in [1.165, 1.54) is 6.07 Å². The Hall–Kier alpha value is -1.48. The van der Waals surface area contributed by atoms with Gasteiger partial charge in [0.05, 0.1) is 36.9 Å². The van der Waals surface area contributed by atoms with E-state index in [1.807, 2.05) is 13.0 Å². The fraction of sp³-hybridized carbons (Fsp3) is 0.588. The molecule has 1 aliphatic heterocycles. The molecule has 1 heterocycles. The molecular weight excluding hydrogens is 344 g/mol. The van der Waals surface area contributed by atoms with Gasteiger partial charge in [0, 0.05) is 6.04 Å². The average Bonchev–Trinajstić information content (AvgIpc) is 2.60. The van der Waals surface area contributed by atoms with Crippen LogP contribution in [0.15, 0.2) is 29.2 Å². The van der Waals surface area contributed by atoms with Gasteiger partial charge in [-0.2, -0.15) is 0 Å². The summed E-state index contributed by atoms with van der Waals surface area (Å²) in [5.74, 6) is -0.337. The third-order valence-electron chi connectivity index (χ3n) is 4.57. The summed E-state index contributed by atoms with van der Waals surface area (Å²) in [5.41, 5.74) is 0.846. The molecule has 0 unspecified atom stereocenters. The monoisotopic (exact) mass is 368 g/mol. The van der Waals surface area contributed by atoms with Crippen LogP contribution in [0.2, 0.25) is 0 Å². The van der Waals surface area contributed by atoms with E-state index < -0.39 is 10.0 Å². The molecule has 0 radical (unpaired) electrons. The summed E-state index contributed by atoms with van der Waals surface area (Å²) in [6, 6.07) is 6.56. The van der Waals surface area contributed by atoms with Crippen LogP contribution in [0, 0.1) is 6.92 Å². The van der Waals surface area contributed by atoms with E-state index >= 15 is 0 Å². The smallest absolute Gasteiger partial charge is 0.241 e. The first-order chi connectivity index (χ1) is 11.9. The molecule has 1 aromatic rings. The predicted octanol–water partition coefficient (Wildman–Crippen LogP) is 0.726. The Morgan fingerprint density at radius 3 is 2.72 bits per heavy atom. The summed E-state index contributed by atoms with van der Waals surface area (Å²) in [6.45, 7) is 2.74. The Morgan fingerprint density at radius 1 is 1.20 bits per heavy atom. The summed E-state index contributed by atoms with van der Waals surface area (Å²) in [4.78, 5) is 12.3. The summed E-state index contributed by atoms with van der Waals surface area (Å²) >= 11 is 0. The van der Waals surface area contributed by atoms with Gasteiger partial charge in [0.2, 0.25) is 15.9 Å². The van der Waals surface area contributed by atoms with E-state index in [-0.39, 0.29) is 35.6 Å². The van der Waals surface area contributed by atoms with Gasteiger partial charge in [-0.3, -0.25) is 4.79 Å². The molecule has 8 heteroatoms. The van der Waals surface area contributed by atoms with Gasteiger partial charge in [0.15, 0.2) is 0 Å². The summed E-state index contributed by atoms with van der Waals surface area (Å²) in [7, 11) is -3.69. The van der Waals surface area contributed by atoms with Gasteiger partial charge < -0.3 is 14.8 Å². The third kappa shape index (κ3) is 4.78. The third-order valence-corrected chi connectivity index (χ3v) is 5.96. The molecule has 3 atom stereocenters. The van der Waals surface area contributed by atoms with Crippen LogP contribution >= 0.6 is 0 Å². The fourth-order valence-corrected chi connectivity index (χ4v) is 4.39. The lowest BCUT2D eigenvalue weighted by Gasteiger charge is -2.39. The quantitative estimate of drug-likeness (QED) is 0.799. The minimum absolute atomic E-state index is 0.0109. The van der Waals surface area contributed by atoms with Crippen LogP contribution in [0.3, 0.4) is 0 Å². The topological polar surface area (TPSA) is 93.7 Å². The van der Waals surface area contributed by atoms with Crippen molar-refractivity contribution in [2.45, 2.75) is 49.3 Å². The van der Waals surface area contributed by atoms with Gasteiger partial charge in [-0.25, -0.2) is 13.1 Å². The van der Waals surface area contributed by atoms with Crippen LogP contribution in [0.5, 0.6) is 0 Å². The van der Waals surface area contributed by atoms with Crippen molar-refractivity contribution < 1.29 is 22.7 Å². The lowest BCUT2D eigenvalue weighted by atomic mass is 9.89. The lowest BCUT2D eigenvalue weighted by Crippen LogP contribution is -2.50. The number of rotatable bonds is 5. The summed E-state index contributed by atoms with van der Waals surface area (Å²) in [6.07, 6.45) is 2.46. The van der Waals surface area contributed by atoms with Crippen molar-refractivity contribution in [2.24, 2.45) is 0 Å². The van der Waals surface area contributed by atoms with E-state index in [4.69, 9.17) is 9.47 Å². The van der Waals surface area contributed by atoms with Crippen LogP contribution in [0.25, 0.3) is 0 Å². The molecule has 2 aliphatic rings. The highest BCUT2D eigenvalue weighted by Gasteiger charge is 2.34. The van der Waals surface area contributed by atoms with Crippen molar-refractivity contribution in [3.8, 4) is 0 Å². The Kier molecular flexibility index (Phi) is 5.73. The molecule has 1 aliphatic carbocycles. The molecular formula is C17H24N2O5S. The molecule has 7 nitrogen and oxygen atoms in total. The number of carbonyl (C=O) groups is 1. The van der Waals surface area contributed by atoms with Gasteiger partial charge in [-0.05, 0) is 43.9 Å². The SMILES string of the molecule is Cc1cccc(S(=O)(=O)NCC(=O)N[C@@H]2CC[C@H]3OCCO[C@@H]3C2)c1. The van der Waals surface area contributed by atoms with Crippen LogP contribution in [-0.4, -0.2) is 52.3 Å². The normalized spacial score (nSPS) is 26.7. The Labute approximate surface area is 148 Å². The number of carbonyl (C=O) groups excluding carboxylic acids is 1. The van der Waals surface area contributed by atoms with Crippen molar-refractivity contribution in [1.82, 2.24) is 10.0 Å². The lowest BCUT2D eigenvalue weighted by molar-refractivity contribution is -0.158. The zero-order valence-corrected chi connectivity index (χ0v) is 15.1. The number of benzene rings is 1. The standard InChI is InChI=1S/C17H24N2O5S/c1-12-3-2-4-14(9-12)25(21,22)18-11-17(20)19-13-5-6-15-16(10-13)24-8-7-23-15/h2-4,9,13,15-16,18H,5-8,10-11H2,1H3,(H,19,20)/t13-,15-,16-/m1/s1. The summed E-state index contributed by atoms with van der Waals surface area (Å²) < 4.78 is 38.2. The second kappa shape index (κ2) is 7.82. The molecule has 2 N–H and O–H groups in total. The molecule has 0 bridgehead atoms. The molecule has 1 amide bonds. The van der Waals surface area contributed by atoms with Gasteiger partial charge >= 0.3 is 0 Å². The van der Waals surface area contributed by atoms with Crippen LogP contribution in [-0.2, 0) is 24.3 Å².